The van der Waals surface area contributed by atoms with E-state index in [0.717, 1.165) is 43.7 Å². The van der Waals surface area contributed by atoms with Gasteiger partial charge in [0.1, 0.15) is 0 Å². The number of nitrogens with one attached hydrogen (secondary N) is 3. The second-order valence-corrected chi connectivity index (χ2v) is 6.29. The van der Waals surface area contributed by atoms with Gasteiger partial charge in [-0.3, -0.25) is 9.59 Å². The smallest absolute Gasteiger partial charge is 0.227 e. The molecule has 0 aromatic heterocycles. The molecule has 2 amide bonds. The predicted octanol–water partition coefficient (Wildman–Crippen LogP) is 2.36. The number of anilines is 2. The van der Waals surface area contributed by atoms with Crippen LogP contribution >= 0.6 is 0 Å². The summed E-state index contributed by atoms with van der Waals surface area (Å²) in [7, 11) is 0. The first-order valence-electron chi connectivity index (χ1n) is 8.12. The minimum atomic E-state index is 0.0571. The highest BCUT2D eigenvalue weighted by atomic mass is 16.2. The molecule has 118 valence electrons. The Balaban J connectivity index is 1.43. The molecule has 1 atom stereocenters. The van der Waals surface area contributed by atoms with Gasteiger partial charge in [0.05, 0.1) is 0 Å². The number of benzene rings is 1. The Kier molecular flexibility index (Phi) is 4.73. The molecule has 2 fully saturated rings. The summed E-state index contributed by atoms with van der Waals surface area (Å²) >= 11 is 0. The summed E-state index contributed by atoms with van der Waals surface area (Å²) in [4.78, 5) is 23.6. The van der Waals surface area contributed by atoms with Crippen LogP contribution in [-0.2, 0) is 9.59 Å². The van der Waals surface area contributed by atoms with Crippen molar-refractivity contribution >= 4 is 23.2 Å². The van der Waals surface area contributed by atoms with Crippen LogP contribution in [0.2, 0.25) is 0 Å². The molecule has 1 aromatic rings. The van der Waals surface area contributed by atoms with Gasteiger partial charge in [-0.1, -0.05) is 0 Å². The molecule has 0 radical (unpaired) electrons. The predicted molar refractivity (Wildman–Crippen MR) is 86.6 cm³/mol. The Morgan fingerprint density at radius 2 is 1.73 bits per heavy atom. The van der Waals surface area contributed by atoms with Crippen molar-refractivity contribution in [2.45, 2.75) is 32.1 Å². The molecule has 1 unspecified atom stereocenters. The van der Waals surface area contributed by atoms with Crippen LogP contribution in [-0.4, -0.2) is 24.9 Å². The van der Waals surface area contributed by atoms with Gasteiger partial charge < -0.3 is 16.0 Å². The lowest BCUT2D eigenvalue weighted by Gasteiger charge is -2.09. The van der Waals surface area contributed by atoms with E-state index in [1.807, 2.05) is 24.3 Å². The van der Waals surface area contributed by atoms with Crippen LogP contribution in [0.3, 0.4) is 0 Å². The van der Waals surface area contributed by atoms with Gasteiger partial charge in [-0.25, -0.2) is 0 Å². The van der Waals surface area contributed by atoms with Crippen LogP contribution in [0.4, 0.5) is 11.4 Å². The van der Waals surface area contributed by atoms with Crippen molar-refractivity contribution in [2.24, 2.45) is 11.8 Å². The van der Waals surface area contributed by atoms with Gasteiger partial charge in [-0.05, 0) is 69.0 Å². The Hall–Kier alpha value is -1.88. The molecule has 22 heavy (non-hydrogen) atoms. The maximum Gasteiger partial charge on any atom is 0.227 e. The summed E-state index contributed by atoms with van der Waals surface area (Å²) in [5, 5.41) is 9.11. The van der Waals surface area contributed by atoms with Crippen LogP contribution in [0.5, 0.6) is 0 Å². The van der Waals surface area contributed by atoms with Gasteiger partial charge in [0, 0.05) is 23.7 Å². The van der Waals surface area contributed by atoms with Crippen molar-refractivity contribution in [3.63, 3.8) is 0 Å². The number of rotatable bonds is 6. The lowest BCUT2D eigenvalue weighted by atomic mass is 10.0. The average Bonchev–Trinajstić information content (AvgIpc) is 3.24. The molecular formula is C17H23N3O2. The molecule has 3 N–H and O–H groups in total. The van der Waals surface area contributed by atoms with Crippen molar-refractivity contribution in [3.8, 4) is 0 Å². The second-order valence-electron chi connectivity index (χ2n) is 6.29. The quantitative estimate of drug-likeness (QED) is 0.755. The number of amides is 2. The first-order chi connectivity index (χ1) is 10.7. The van der Waals surface area contributed by atoms with Crippen LogP contribution in [0, 0.1) is 11.8 Å². The van der Waals surface area contributed by atoms with Gasteiger partial charge in [-0.2, -0.15) is 0 Å². The molecular weight excluding hydrogens is 278 g/mol. The molecule has 0 spiro atoms. The zero-order chi connectivity index (χ0) is 15.4. The summed E-state index contributed by atoms with van der Waals surface area (Å²) in [6.45, 7) is 2.10. The zero-order valence-electron chi connectivity index (χ0n) is 12.7. The lowest BCUT2D eigenvalue weighted by molar-refractivity contribution is -0.117. The summed E-state index contributed by atoms with van der Waals surface area (Å²) in [6, 6.07) is 7.32. The number of carbonyl (C=O) groups excluding carboxylic acids is 2. The molecule has 1 heterocycles. The lowest BCUT2D eigenvalue weighted by Crippen LogP contribution is -2.15. The zero-order valence-corrected chi connectivity index (χ0v) is 12.7. The minimum Gasteiger partial charge on any atom is -0.326 e. The van der Waals surface area contributed by atoms with E-state index < -0.39 is 0 Å². The Morgan fingerprint density at radius 1 is 1.05 bits per heavy atom. The molecule has 5 heteroatoms. The second kappa shape index (κ2) is 6.92. The minimum absolute atomic E-state index is 0.0571. The Labute approximate surface area is 130 Å². The topological polar surface area (TPSA) is 70.2 Å². The number of hydrogen-bond donors (Lipinski definition) is 3. The first-order valence-corrected chi connectivity index (χ1v) is 8.12. The van der Waals surface area contributed by atoms with Gasteiger partial charge in [0.2, 0.25) is 11.8 Å². The van der Waals surface area contributed by atoms with E-state index in [0.29, 0.717) is 12.3 Å². The molecule has 1 saturated carbocycles. The van der Waals surface area contributed by atoms with Crippen LogP contribution in [0.25, 0.3) is 0 Å². The Morgan fingerprint density at radius 3 is 2.32 bits per heavy atom. The third kappa shape index (κ3) is 4.31. The van der Waals surface area contributed by atoms with E-state index in [1.54, 1.807) is 0 Å². The van der Waals surface area contributed by atoms with Crippen molar-refractivity contribution < 1.29 is 9.59 Å². The fourth-order valence-electron chi connectivity index (χ4n) is 2.75. The monoisotopic (exact) mass is 301 g/mol. The van der Waals surface area contributed by atoms with E-state index in [4.69, 9.17) is 0 Å². The van der Waals surface area contributed by atoms with Gasteiger partial charge in [0.25, 0.3) is 0 Å². The maximum absolute atomic E-state index is 11.9. The van der Waals surface area contributed by atoms with E-state index in [9.17, 15) is 9.59 Å². The van der Waals surface area contributed by atoms with Crippen LogP contribution in [0.1, 0.15) is 32.1 Å². The molecule has 5 nitrogen and oxygen atoms in total. The van der Waals surface area contributed by atoms with Gasteiger partial charge >= 0.3 is 0 Å². The third-order valence-electron chi connectivity index (χ3n) is 4.33. The van der Waals surface area contributed by atoms with E-state index in [-0.39, 0.29) is 17.7 Å². The largest absolute Gasteiger partial charge is 0.326 e. The fourth-order valence-corrected chi connectivity index (χ4v) is 2.75. The molecule has 1 aliphatic heterocycles. The summed E-state index contributed by atoms with van der Waals surface area (Å²) in [6.07, 6.45) is 4.66. The van der Waals surface area contributed by atoms with Gasteiger partial charge in [-0.15, -0.1) is 0 Å². The maximum atomic E-state index is 11.9. The van der Waals surface area contributed by atoms with Crippen LogP contribution < -0.4 is 16.0 Å². The average molecular weight is 301 g/mol. The molecule has 0 bridgehead atoms. The SMILES string of the molecule is O=C(CCC1CCNC1)Nc1ccc(NC(=O)C2CC2)cc1. The van der Waals surface area contributed by atoms with Gasteiger partial charge in [0.15, 0.2) is 0 Å². The van der Waals surface area contributed by atoms with Crippen molar-refractivity contribution in [3.05, 3.63) is 24.3 Å². The number of hydrogen-bond acceptors (Lipinski definition) is 3. The molecule has 2 aliphatic rings. The van der Waals surface area contributed by atoms with Crippen LogP contribution in [0.15, 0.2) is 24.3 Å². The van der Waals surface area contributed by atoms with Crippen molar-refractivity contribution in [1.29, 1.82) is 0 Å². The molecule has 1 aliphatic carbocycles. The van der Waals surface area contributed by atoms with Crippen molar-refractivity contribution in [2.75, 3.05) is 23.7 Å². The standard InChI is InChI=1S/C17H23N3O2/c21-16(8-1-12-9-10-18-11-12)19-14-4-6-15(7-5-14)20-17(22)13-2-3-13/h4-7,12-13,18H,1-3,8-11H2,(H,19,21)(H,20,22). The normalized spacial score (nSPS) is 20.6. The van der Waals surface area contributed by atoms with E-state index in [1.165, 1.54) is 6.42 Å². The third-order valence-corrected chi connectivity index (χ3v) is 4.33. The number of carbonyl (C=O) groups is 2. The first kappa shape index (κ1) is 15.0. The molecule has 3 rings (SSSR count). The highest BCUT2D eigenvalue weighted by Gasteiger charge is 2.29. The van der Waals surface area contributed by atoms with E-state index >= 15 is 0 Å². The highest BCUT2D eigenvalue weighted by molar-refractivity contribution is 5.95. The molecule has 1 saturated heterocycles. The summed E-state index contributed by atoms with van der Waals surface area (Å²) in [5.74, 6) is 0.985. The van der Waals surface area contributed by atoms with Crippen molar-refractivity contribution in [1.82, 2.24) is 5.32 Å². The fraction of sp³-hybridized carbons (Fsp3) is 0.529. The summed E-state index contributed by atoms with van der Waals surface area (Å²) in [5.41, 5.74) is 1.56. The molecule has 1 aromatic carbocycles. The Bertz CT molecular complexity index is 531. The van der Waals surface area contributed by atoms with E-state index in [2.05, 4.69) is 16.0 Å². The highest BCUT2D eigenvalue weighted by Crippen LogP contribution is 2.30. The summed E-state index contributed by atoms with van der Waals surface area (Å²) < 4.78 is 0.